The van der Waals surface area contributed by atoms with Gasteiger partial charge in [-0.1, -0.05) is 17.3 Å². The fourth-order valence-electron chi connectivity index (χ4n) is 2.58. The molecule has 0 aliphatic carbocycles. The minimum atomic E-state index is 0.519. The number of hydrogen-bond donors (Lipinski definition) is 0. The highest BCUT2D eigenvalue weighted by Gasteiger charge is 2.05. The molecule has 0 spiro atoms. The Kier molecular flexibility index (Phi) is 6.20. The SMILES string of the molecule is CC(=NOCCCc1ccnc(-c2cccc(C)n2)n1)c1cccc(C)n1. The molecule has 3 aromatic rings. The summed E-state index contributed by atoms with van der Waals surface area (Å²) in [5.41, 5.74) is 5.28. The van der Waals surface area contributed by atoms with Crippen molar-refractivity contribution in [1.82, 2.24) is 19.9 Å². The van der Waals surface area contributed by atoms with E-state index in [9.17, 15) is 0 Å². The van der Waals surface area contributed by atoms with E-state index in [-0.39, 0.29) is 0 Å². The Hall–Kier alpha value is -3.15. The molecule has 0 fully saturated rings. The van der Waals surface area contributed by atoms with Gasteiger partial charge in [0.25, 0.3) is 0 Å². The number of aryl methyl sites for hydroxylation is 3. The van der Waals surface area contributed by atoms with Crippen LogP contribution >= 0.6 is 0 Å². The van der Waals surface area contributed by atoms with Crippen molar-refractivity contribution in [2.45, 2.75) is 33.6 Å². The standard InChI is InChI=1S/C21H23N5O/c1-15-7-4-10-19(23-15)17(3)26-27-14-6-9-18-12-13-22-21(25-18)20-11-5-8-16(2)24-20/h4-5,7-8,10-13H,6,9,14H2,1-3H3. The molecule has 0 amide bonds. The van der Waals surface area contributed by atoms with Gasteiger partial charge in [-0.15, -0.1) is 0 Å². The first-order valence-corrected chi connectivity index (χ1v) is 8.98. The van der Waals surface area contributed by atoms with E-state index in [0.29, 0.717) is 12.4 Å². The van der Waals surface area contributed by atoms with Crippen molar-refractivity contribution in [2.75, 3.05) is 6.61 Å². The van der Waals surface area contributed by atoms with E-state index in [1.54, 1.807) is 6.20 Å². The van der Waals surface area contributed by atoms with E-state index in [1.165, 1.54) is 0 Å². The summed E-state index contributed by atoms with van der Waals surface area (Å²) in [6.45, 7) is 6.33. The van der Waals surface area contributed by atoms with E-state index in [4.69, 9.17) is 4.84 Å². The Morgan fingerprint density at radius 1 is 0.963 bits per heavy atom. The molecule has 6 nitrogen and oxygen atoms in total. The van der Waals surface area contributed by atoms with Crippen molar-refractivity contribution in [2.24, 2.45) is 5.16 Å². The number of aromatic nitrogens is 4. The van der Waals surface area contributed by atoms with E-state index in [1.807, 2.05) is 63.2 Å². The number of nitrogens with zero attached hydrogens (tertiary/aromatic N) is 5. The molecule has 138 valence electrons. The summed E-state index contributed by atoms with van der Waals surface area (Å²) in [5.74, 6) is 0.650. The van der Waals surface area contributed by atoms with Gasteiger partial charge >= 0.3 is 0 Å². The molecule has 6 heteroatoms. The lowest BCUT2D eigenvalue weighted by atomic mass is 10.2. The van der Waals surface area contributed by atoms with Crippen molar-refractivity contribution in [3.8, 4) is 11.5 Å². The minimum Gasteiger partial charge on any atom is -0.396 e. The Bertz CT molecular complexity index is 939. The van der Waals surface area contributed by atoms with Crippen LogP contribution in [0.15, 0.2) is 53.8 Å². The quantitative estimate of drug-likeness (QED) is 0.362. The van der Waals surface area contributed by atoms with Gasteiger partial charge in [-0.3, -0.25) is 4.98 Å². The summed E-state index contributed by atoms with van der Waals surface area (Å²) >= 11 is 0. The molecule has 0 radical (unpaired) electrons. The van der Waals surface area contributed by atoms with Crippen LogP contribution in [0.5, 0.6) is 0 Å². The normalized spacial score (nSPS) is 11.4. The van der Waals surface area contributed by atoms with Gasteiger partial charge < -0.3 is 4.84 Å². The van der Waals surface area contributed by atoms with Gasteiger partial charge in [0.2, 0.25) is 0 Å². The lowest BCUT2D eigenvalue weighted by Crippen LogP contribution is -2.02. The van der Waals surface area contributed by atoms with E-state index in [0.717, 1.165) is 47.0 Å². The van der Waals surface area contributed by atoms with Crippen molar-refractivity contribution >= 4 is 5.71 Å². The summed E-state index contributed by atoms with van der Waals surface area (Å²) in [4.78, 5) is 23.3. The Balaban J connectivity index is 1.52. The van der Waals surface area contributed by atoms with E-state index < -0.39 is 0 Å². The summed E-state index contributed by atoms with van der Waals surface area (Å²) in [6.07, 6.45) is 3.38. The zero-order chi connectivity index (χ0) is 19.1. The van der Waals surface area contributed by atoms with Crippen molar-refractivity contribution < 1.29 is 4.84 Å². The summed E-state index contributed by atoms with van der Waals surface area (Å²) in [7, 11) is 0. The van der Waals surface area contributed by atoms with Crippen LogP contribution in [0.1, 0.15) is 36.1 Å². The first kappa shape index (κ1) is 18.6. The molecule has 0 N–H and O–H groups in total. The molecule has 3 rings (SSSR count). The molecule has 0 aromatic carbocycles. The number of rotatable bonds is 7. The number of hydrogen-bond acceptors (Lipinski definition) is 6. The smallest absolute Gasteiger partial charge is 0.178 e. The molecule has 27 heavy (non-hydrogen) atoms. The Morgan fingerprint density at radius 3 is 2.52 bits per heavy atom. The molecule has 0 bridgehead atoms. The van der Waals surface area contributed by atoms with Crippen LogP contribution in [0.3, 0.4) is 0 Å². The maximum absolute atomic E-state index is 5.43. The predicted octanol–water partition coefficient (Wildman–Crippen LogP) is 3.92. The maximum atomic E-state index is 5.43. The van der Waals surface area contributed by atoms with Gasteiger partial charge in [0.1, 0.15) is 18.0 Å². The second-order valence-electron chi connectivity index (χ2n) is 6.31. The molecule has 0 saturated carbocycles. The summed E-state index contributed by atoms with van der Waals surface area (Å²) < 4.78 is 0. The first-order valence-electron chi connectivity index (χ1n) is 8.98. The highest BCUT2D eigenvalue weighted by molar-refractivity contribution is 5.96. The van der Waals surface area contributed by atoms with Gasteiger partial charge in [-0.25, -0.2) is 15.0 Å². The fourth-order valence-corrected chi connectivity index (χ4v) is 2.58. The lowest BCUT2D eigenvalue weighted by molar-refractivity contribution is 0.141. The monoisotopic (exact) mass is 361 g/mol. The van der Waals surface area contributed by atoms with Crippen LogP contribution in [0.4, 0.5) is 0 Å². The highest BCUT2D eigenvalue weighted by Crippen LogP contribution is 2.13. The molecule has 0 aliphatic heterocycles. The topological polar surface area (TPSA) is 73.2 Å². The van der Waals surface area contributed by atoms with E-state index in [2.05, 4.69) is 25.1 Å². The highest BCUT2D eigenvalue weighted by atomic mass is 16.6. The molecular weight excluding hydrogens is 338 g/mol. The van der Waals surface area contributed by atoms with Gasteiger partial charge in [-0.2, -0.15) is 0 Å². The second-order valence-corrected chi connectivity index (χ2v) is 6.31. The third-order valence-electron chi connectivity index (χ3n) is 3.96. The van der Waals surface area contributed by atoms with Crippen LogP contribution in [0.25, 0.3) is 11.5 Å². The molecule has 0 saturated heterocycles. The van der Waals surface area contributed by atoms with Gasteiger partial charge in [0.15, 0.2) is 5.82 Å². The van der Waals surface area contributed by atoms with Crippen molar-refractivity contribution in [3.63, 3.8) is 0 Å². The van der Waals surface area contributed by atoms with Crippen molar-refractivity contribution in [3.05, 3.63) is 71.4 Å². The van der Waals surface area contributed by atoms with Crippen LogP contribution < -0.4 is 0 Å². The molecule has 0 aliphatic rings. The molecule has 3 aromatic heterocycles. The van der Waals surface area contributed by atoms with Crippen LogP contribution in [0.2, 0.25) is 0 Å². The van der Waals surface area contributed by atoms with Crippen molar-refractivity contribution in [1.29, 1.82) is 0 Å². The van der Waals surface area contributed by atoms with Crippen LogP contribution in [-0.2, 0) is 11.3 Å². The van der Waals surface area contributed by atoms with Gasteiger partial charge in [-0.05, 0) is 63.9 Å². The first-order chi connectivity index (χ1) is 13.1. The Morgan fingerprint density at radius 2 is 1.74 bits per heavy atom. The van der Waals surface area contributed by atoms with Crippen LogP contribution in [0, 0.1) is 13.8 Å². The van der Waals surface area contributed by atoms with Crippen LogP contribution in [-0.4, -0.2) is 32.3 Å². The van der Waals surface area contributed by atoms with Gasteiger partial charge in [0, 0.05) is 23.3 Å². The zero-order valence-corrected chi connectivity index (χ0v) is 15.9. The van der Waals surface area contributed by atoms with Gasteiger partial charge in [0.05, 0.1) is 5.69 Å². The molecule has 0 unspecified atom stereocenters. The zero-order valence-electron chi connectivity index (χ0n) is 15.9. The Labute approximate surface area is 159 Å². The third-order valence-corrected chi connectivity index (χ3v) is 3.96. The average Bonchev–Trinajstić information content (AvgIpc) is 2.68. The summed E-state index contributed by atoms with van der Waals surface area (Å²) in [5, 5.41) is 4.15. The van der Waals surface area contributed by atoms with E-state index >= 15 is 0 Å². The number of oxime groups is 1. The largest absolute Gasteiger partial charge is 0.396 e. The molecule has 0 atom stereocenters. The molecular formula is C21H23N5O. The fraction of sp³-hybridized carbons (Fsp3) is 0.286. The number of pyridine rings is 2. The average molecular weight is 361 g/mol. The minimum absolute atomic E-state index is 0.519. The molecule has 3 heterocycles. The third kappa shape index (κ3) is 5.41. The lowest BCUT2D eigenvalue weighted by Gasteiger charge is -2.05. The summed E-state index contributed by atoms with van der Waals surface area (Å²) in [6, 6.07) is 13.6. The maximum Gasteiger partial charge on any atom is 0.178 e. The second kappa shape index (κ2) is 8.98. The predicted molar refractivity (Wildman–Crippen MR) is 105 cm³/mol.